The Morgan fingerprint density at radius 2 is 1.47 bits per heavy atom. The molecule has 0 radical (unpaired) electrons. The number of carbonyl (C=O) groups is 1. The predicted octanol–water partition coefficient (Wildman–Crippen LogP) is 3.14. The van der Waals surface area contributed by atoms with E-state index in [9.17, 15) is 4.79 Å². The number of benzene rings is 2. The van der Waals surface area contributed by atoms with Crippen LogP contribution in [0.5, 0.6) is 0 Å². The van der Waals surface area contributed by atoms with Crippen LogP contribution in [-0.4, -0.2) is 37.3 Å². The lowest BCUT2D eigenvalue weighted by Crippen LogP contribution is -2.26. The number of nitrogens with two attached hydrogens (primary N) is 1. The highest BCUT2D eigenvalue weighted by Gasteiger charge is 2.17. The first-order chi connectivity index (χ1) is 14.4. The SMILES string of the molecule is CO/N=C(\C)c1ccc(/C(C)=N/OCc2c(C)cccc2/C(=N\OC)C(N)=O)cc1. The Hall–Kier alpha value is -3.68. The number of amides is 1. The molecule has 0 saturated heterocycles. The number of primary amides is 1. The second-order valence-electron chi connectivity index (χ2n) is 6.47. The summed E-state index contributed by atoms with van der Waals surface area (Å²) in [6.45, 7) is 5.78. The quantitative estimate of drug-likeness (QED) is 0.506. The van der Waals surface area contributed by atoms with E-state index >= 15 is 0 Å². The summed E-state index contributed by atoms with van der Waals surface area (Å²) in [4.78, 5) is 26.9. The van der Waals surface area contributed by atoms with Crippen LogP contribution < -0.4 is 5.73 Å². The molecule has 0 unspecified atom stereocenters. The van der Waals surface area contributed by atoms with Gasteiger partial charge in [0.05, 0.1) is 11.4 Å². The van der Waals surface area contributed by atoms with Crippen LogP contribution in [0, 0.1) is 6.92 Å². The molecule has 0 atom stereocenters. The van der Waals surface area contributed by atoms with E-state index in [0.29, 0.717) is 11.3 Å². The van der Waals surface area contributed by atoms with Crippen LogP contribution in [0.15, 0.2) is 57.9 Å². The largest absolute Gasteiger partial charge is 0.399 e. The van der Waals surface area contributed by atoms with Gasteiger partial charge in [0.15, 0.2) is 5.71 Å². The van der Waals surface area contributed by atoms with E-state index in [0.717, 1.165) is 28.0 Å². The monoisotopic (exact) mass is 410 g/mol. The lowest BCUT2D eigenvalue weighted by Gasteiger charge is -2.12. The summed E-state index contributed by atoms with van der Waals surface area (Å²) in [5.74, 6) is -0.684. The molecule has 2 aromatic carbocycles. The standard InChI is InChI=1S/C22H26N4O4/c1-14-7-6-8-19(21(22(23)27)26-29-5)20(14)13-30-25-16(3)18-11-9-17(10-12-18)15(2)24-28-4/h6-12H,13H2,1-5H3,(H2,23,27)/b24-15+,25-16+,26-21+. The zero-order valence-corrected chi connectivity index (χ0v) is 17.8. The zero-order valence-electron chi connectivity index (χ0n) is 17.8. The molecule has 158 valence electrons. The first-order valence-corrected chi connectivity index (χ1v) is 9.24. The van der Waals surface area contributed by atoms with Gasteiger partial charge in [0.2, 0.25) is 0 Å². The molecule has 0 fully saturated rings. The molecule has 0 aliphatic heterocycles. The number of hydrogen-bond acceptors (Lipinski definition) is 7. The molecule has 2 rings (SSSR count). The van der Waals surface area contributed by atoms with Gasteiger partial charge in [-0.05, 0) is 37.5 Å². The van der Waals surface area contributed by atoms with Crippen LogP contribution in [0.4, 0.5) is 0 Å². The Bertz CT molecular complexity index is 979. The van der Waals surface area contributed by atoms with E-state index in [2.05, 4.69) is 15.5 Å². The molecule has 0 saturated carbocycles. The highest BCUT2D eigenvalue weighted by atomic mass is 16.6. The highest BCUT2D eigenvalue weighted by molar-refractivity contribution is 6.45. The van der Waals surface area contributed by atoms with Gasteiger partial charge in [-0.1, -0.05) is 57.9 Å². The lowest BCUT2D eigenvalue weighted by molar-refractivity contribution is -0.112. The molecule has 2 N–H and O–H groups in total. The number of oxime groups is 3. The summed E-state index contributed by atoms with van der Waals surface area (Å²) >= 11 is 0. The Labute approximate surface area is 176 Å². The van der Waals surface area contributed by atoms with Gasteiger partial charge in [0.1, 0.15) is 20.8 Å². The second kappa shape index (κ2) is 10.8. The summed E-state index contributed by atoms with van der Waals surface area (Å²) in [5, 5.41) is 11.9. The minimum Gasteiger partial charge on any atom is -0.399 e. The maximum atomic E-state index is 11.8. The molecule has 0 aliphatic rings. The normalized spacial score (nSPS) is 12.5. The highest BCUT2D eigenvalue weighted by Crippen LogP contribution is 2.17. The smallest absolute Gasteiger partial charge is 0.271 e. The molecule has 30 heavy (non-hydrogen) atoms. The van der Waals surface area contributed by atoms with E-state index in [4.69, 9.17) is 20.2 Å². The van der Waals surface area contributed by atoms with Gasteiger partial charge in [-0.3, -0.25) is 4.79 Å². The van der Waals surface area contributed by atoms with Gasteiger partial charge in [-0.25, -0.2) is 0 Å². The first kappa shape index (κ1) is 22.6. The molecule has 8 heteroatoms. The van der Waals surface area contributed by atoms with Crippen molar-refractivity contribution in [3.63, 3.8) is 0 Å². The molecular weight excluding hydrogens is 384 g/mol. The fourth-order valence-corrected chi connectivity index (χ4v) is 2.82. The molecule has 0 spiro atoms. The topological polar surface area (TPSA) is 108 Å². The van der Waals surface area contributed by atoms with Crippen molar-refractivity contribution >= 4 is 23.0 Å². The Kier molecular flexibility index (Phi) is 8.10. The summed E-state index contributed by atoms with van der Waals surface area (Å²) < 4.78 is 0. The van der Waals surface area contributed by atoms with Gasteiger partial charge in [0.25, 0.3) is 5.91 Å². The van der Waals surface area contributed by atoms with E-state index in [1.54, 1.807) is 6.07 Å². The Morgan fingerprint density at radius 1 is 0.900 bits per heavy atom. The molecule has 0 aliphatic carbocycles. The van der Waals surface area contributed by atoms with Crippen molar-refractivity contribution in [2.75, 3.05) is 14.2 Å². The first-order valence-electron chi connectivity index (χ1n) is 9.24. The molecule has 8 nitrogen and oxygen atoms in total. The van der Waals surface area contributed by atoms with Crippen LogP contribution in [0.25, 0.3) is 0 Å². The van der Waals surface area contributed by atoms with Gasteiger partial charge in [-0.2, -0.15) is 0 Å². The van der Waals surface area contributed by atoms with E-state index in [1.807, 2.05) is 57.2 Å². The average molecular weight is 410 g/mol. The van der Waals surface area contributed by atoms with Crippen molar-refractivity contribution in [2.45, 2.75) is 27.4 Å². The van der Waals surface area contributed by atoms with Crippen LogP contribution in [0.2, 0.25) is 0 Å². The average Bonchev–Trinajstić information content (AvgIpc) is 2.73. The molecule has 0 aromatic heterocycles. The maximum Gasteiger partial charge on any atom is 0.271 e. The number of rotatable bonds is 9. The van der Waals surface area contributed by atoms with Crippen LogP contribution in [-0.2, 0) is 25.9 Å². The van der Waals surface area contributed by atoms with Gasteiger partial charge >= 0.3 is 0 Å². The molecular formula is C22H26N4O4. The minimum absolute atomic E-state index is 0.0317. The molecule has 0 heterocycles. The van der Waals surface area contributed by atoms with Crippen molar-refractivity contribution < 1.29 is 19.3 Å². The van der Waals surface area contributed by atoms with Crippen molar-refractivity contribution in [1.29, 1.82) is 0 Å². The number of hydrogen-bond donors (Lipinski definition) is 1. The van der Waals surface area contributed by atoms with Crippen LogP contribution in [0.1, 0.15) is 41.7 Å². The fourth-order valence-electron chi connectivity index (χ4n) is 2.82. The van der Waals surface area contributed by atoms with E-state index in [-0.39, 0.29) is 12.3 Å². The van der Waals surface area contributed by atoms with Crippen molar-refractivity contribution in [2.24, 2.45) is 21.2 Å². The summed E-state index contributed by atoms with van der Waals surface area (Å²) in [6, 6.07) is 13.2. The third-order valence-corrected chi connectivity index (χ3v) is 4.44. The van der Waals surface area contributed by atoms with Crippen molar-refractivity contribution in [3.05, 3.63) is 70.3 Å². The second-order valence-corrected chi connectivity index (χ2v) is 6.47. The number of aryl methyl sites for hydroxylation is 1. The van der Waals surface area contributed by atoms with E-state index in [1.165, 1.54) is 14.2 Å². The Balaban J connectivity index is 2.20. The third kappa shape index (κ3) is 5.66. The lowest BCUT2D eigenvalue weighted by atomic mass is 9.98. The van der Waals surface area contributed by atoms with Gasteiger partial charge in [0, 0.05) is 11.1 Å². The summed E-state index contributed by atoms with van der Waals surface area (Å²) in [7, 11) is 2.87. The molecule has 0 bridgehead atoms. The zero-order chi connectivity index (χ0) is 22.1. The van der Waals surface area contributed by atoms with Crippen molar-refractivity contribution in [1.82, 2.24) is 0 Å². The van der Waals surface area contributed by atoms with Crippen molar-refractivity contribution in [3.8, 4) is 0 Å². The number of carbonyl (C=O) groups excluding carboxylic acids is 1. The molecule has 1 amide bonds. The van der Waals surface area contributed by atoms with Crippen LogP contribution in [0.3, 0.4) is 0 Å². The van der Waals surface area contributed by atoms with Gasteiger partial charge < -0.3 is 20.2 Å². The van der Waals surface area contributed by atoms with Crippen LogP contribution >= 0.6 is 0 Å². The number of nitrogens with zero attached hydrogens (tertiary/aromatic N) is 3. The maximum absolute atomic E-state index is 11.8. The third-order valence-electron chi connectivity index (χ3n) is 4.44. The predicted molar refractivity (Wildman–Crippen MR) is 117 cm³/mol. The Morgan fingerprint density at radius 3 is 2.00 bits per heavy atom. The fraction of sp³-hybridized carbons (Fsp3) is 0.273. The molecule has 2 aromatic rings. The minimum atomic E-state index is -0.684. The summed E-state index contributed by atoms with van der Waals surface area (Å²) in [5.41, 5.74) is 11.1. The summed E-state index contributed by atoms with van der Waals surface area (Å²) in [6.07, 6.45) is 0. The van der Waals surface area contributed by atoms with Gasteiger partial charge in [-0.15, -0.1) is 0 Å². The van der Waals surface area contributed by atoms with E-state index < -0.39 is 5.91 Å².